The van der Waals surface area contributed by atoms with Crippen molar-refractivity contribution in [3.63, 3.8) is 0 Å². The number of carbonyl (C=O) groups is 1. The summed E-state index contributed by atoms with van der Waals surface area (Å²) >= 11 is 6.08. The van der Waals surface area contributed by atoms with E-state index >= 15 is 0 Å². The van der Waals surface area contributed by atoms with Crippen molar-refractivity contribution in [2.24, 2.45) is 0 Å². The molecule has 0 fully saturated rings. The van der Waals surface area contributed by atoms with Crippen LogP contribution >= 0.6 is 11.6 Å². The first kappa shape index (κ1) is 16.1. The first-order valence-electron chi connectivity index (χ1n) is 7.35. The summed E-state index contributed by atoms with van der Waals surface area (Å²) in [6.07, 6.45) is 0. The number of H-pyrrole nitrogens is 1. The molecule has 0 aliphatic heterocycles. The van der Waals surface area contributed by atoms with E-state index in [1.54, 1.807) is 18.2 Å². The molecule has 2 N–H and O–H groups in total. The lowest BCUT2D eigenvalue weighted by Gasteiger charge is -2.11. The molecule has 24 heavy (non-hydrogen) atoms. The van der Waals surface area contributed by atoms with Crippen molar-refractivity contribution in [1.29, 1.82) is 0 Å². The SMILES string of the molecule is COc1cc(Cl)c(C)cc1NC(=O)c1cc(-c2ccccc2)n[nH]1. The van der Waals surface area contributed by atoms with Gasteiger partial charge in [-0.2, -0.15) is 5.10 Å². The Morgan fingerprint density at radius 2 is 1.96 bits per heavy atom. The zero-order valence-corrected chi connectivity index (χ0v) is 14.0. The van der Waals surface area contributed by atoms with Crippen molar-refractivity contribution in [3.8, 4) is 17.0 Å². The van der Waals surface area contributed by atoms with Gasteiger partial charge in [-0.3, -0.25) is 9.89 Å². The van der Waals surface area contributed by atoms with Crippen molar-refractivity contribution < 1.29 is 9.53 Å². The predicted octanol–water partition coefficient (Wildman–Crippen LogP) is 4.30. The van der Waals surface area contributed by atoms with E-state index in [0.717, 1.165) is 11.1 Å². The third kappa shape index (κ3) is 3.26. The lowest BCUT2D eigenvalue weighted by molar-refractivity contribution is 0.102. The topological polar surface area (TPSA) is 67.0 Å². The molecule has 0 aliphatic carbocycles. The van der Waals surface area contributed by atoms with Crippen LogP contribution in [-0.4, -0.2) is 23.2 Å². The van der Waals surface area contributed by atoms with Gasteiger partial charge in [-0.05, 0) is 24.6 Å². The fourth-order valence-electron chi connectivity index (χ4n) is 2.31. The average Bonchev–Trinajstić information content (AvgIpc) is 3.09. The molecule has 0 saturated carbocycles. The normalized spacial score (nSPS) is 10.5. The Balaban J connectivity index is 1.84. The number of benzene rings is 2. The van der Waals surface area contributed by atoms with Crippen molar-refractivity contribution >= 4 is 23.2 Å². The average molecular weight is 342 g/mol. The monoisotopic (exact) mass is 341 g/mol. The quantitative estimate of drug-likeness (QED) is 0.743. The molecule has 1 amide bonds. The van der Waals surface area contributed by atoms with Gasteiger partial charge in [0, 0.05) is 16.7 Å². The Morgan fingerprint density at radius 1 is 1.21 bits per heavy atom. The molecule has 6 heteroatoms. The largest absolute Gasteiger partial charge is 0.495 e. The highest BCUT2D eigenvalue weighted by molar-refractivity contribution is 6.31. The Morgan fingerprint density at radius 3 is 2.67 bits per heavy atom. The summed E-state index contributed by atoms with van der Waals surface area (Å²) in [6, 6.07) is 14.8. The molecule has 0 aliphatic rings. The van der Waals surface area contributed by atoms with Crippen LogP contribution in [0.2, 0.25) is 5.02 Å². The van der Waals surface area contributed by atoms with Gasteiger partial charge in [0.25, 0.3) is 5.91 Å². The van der Waals surface area contributed by atoms with E-state index in [4.69, 9.17) is 16.3 Å². The summed E-state index contributed by atoms with van der Waals surface area (Å²) < 4.78 is 5.27. The molecule has 3 rings (SSSR count). The first-order valence-corrected chi connectivity index (χ1v) is 7.72. The number of halogens is 1. The zero-order chi connectivity index (χ0) is 17.1. The molecule has 0 atom stereocenters. The molecule has 2 aromatic carbocycles. The number of carbonyl (C=O) groups excluding carboxylic acids is 1. The number of nitrogens with zero attached hydrogens (tertiary/aromatic N) is 1. The number of aromatic nitrogens is 2. The minimum absolute atomic E-state index is 0.301. The summed E-state index contributed by atoms with van der Waals surface area (Å²) in [5.41, 5.74) is 3.42. The molecule has 1 heterocycles. The van der Waals surface area contributed by atoms with Gasteiger partial charge in [-0.25, -0.2) is 0 Å². The highest BCUT2D eigenvalue weighted by Crippen LogP contribution is 2.31. The molecule has 0 spiro atoms. The van der Waals surface area contributed by atoms with Gasteiger partial charge in [0.05, 0.1) is 18.5 Å². The number of aryl methyl sites for hydroxylation is 1. The van der Waals surface area contributed by atoms with Crippen LogP contribution in [0.5, 0.6) is 5.75 Å². The second-order valence-electron chi connectivity index (χ2n) is 5.29. The van der Waals surface area contributed by atoms with Crippen molar-refractivity contribution in [1.82, 2.24) is 10.2 Å². The van der Waals surface area contributed by atoms with Crippen LogP contribution in [0.4, 0.5) is 5.69 Å². The molecule has 0 unspecified atom stereocenters. The highest BCUT2D eigenvalue weighted by Gasteiger charge is 2.14. The number of anilines is 1. The van der Waals surface area contributed by atoms with Crippen LogP contribution in [0.1, 0.15) is 16.1 Å². The molecule has 5 nitrogen and oxygen atoms in total. The van der Waals surface area contributed by atoms with E-state index in [2.05, 4.69) is 15.5 Å². The molecule has 3 aromatic rings. The van der Waals surface area contributed by atoms with Gasteiger partial charge < -0.3 is 10.1 Å². The van der Waals surface area contributed by atoms with Gasteiger partial charge in [0.2, 0.25) is 0 Å². The number of hydrogen-bond donors (Lipinski definition) is 2. The fourth-order valence-corrected chi connectivity index (χ4v) is 2.47. The van der Waals surface area contributed by atoms with E-state index in [1.807, 2.05) is 37.3 Å². The summed E-state index contributed by atoms with van der Waals surface area (Å²) in [6.45, 7) is 1.86. The van der Waals surface area contributed by atoms with Crippen LogP contribution in [0, 0.1) is 6.92 Å². The Kier molecular flexibility index (Phi) is 4.53. The summed E-state index contributed by atoms with van der Waals surface area (Å²) in [7, 11) is 1.53. The maximum atomic E-state index is 12.5. The van der Waals surface area contributed by atoms with Crippen LogP contribution in [0.25, 0.3) is 11.3 Å². The van der Waals surface area contributed by atoms with Crippen molar-refractivity contribution in [3.05, 3.63) is 64.8 Å². The number of hydrogen-bond acceptors (Lipinski definition) is 3. The molecule has 0 bridgehead atoms. The highest BCUT2D eigenvalue weighted by atomic mass is 35.5. The number of aromatic amines is 1. The number of ether oxygens (including phenoxy) is 1. The number of methoxy groups -OCH3 is 1. The Labute approximate surface area is 144 Å². The Hall–Kier alpha value is -2.79. The van der Waals surface area contributed by atoms with Crippen LogP contribution in [0.3, 0.4) is 0 Å². The Bertz CT molecular complexity index is 875. The van der Waals surface area contributed by atoms with Crippen LogP contribution in [0.15, 0.2) is 48.5 Å². The third-order valence-electron chi connectivity index (χ3n) is 3.62. The van der Waals surface area contributed by atoms with Gasteiger partial charge in [0.1, 0.15) is 11.4 Å². The molecular weight excluding hydrogens is 326 g/mol. The molecular formula is C18H16ClN3O2. The van der Waals surface area contributed by atoms with Crippen LogP contribution in [-0.2, 0) is 0 Å². The van der Waals surface area contributed by atoms with Gasteiger partial charge >= 0.3 is 0 Å². The van der Waals surface area contributed by atoms with E-state index in [-0.39, 0.29) is 5.91 Å². The summed E-state index contributed by atoms with van der Waals surface area (Å²) in [4.78, 5) is 12.5. The van der Waals surface area contributed by atoms with E-state index in [0.29, 0.717) is 27.8 Å². The lowest BCUT2D eigenvalue weighted by atomic mass is 10.1. The van der Waals surface area contributed by atoms with E-state index < -0.39 is 0 Å². The zero-order valence-electron chi connectivity index (χ0n) is 13.3. The smallest absolute Gasteiger partial charge is 0.273 e. The molecule has 0 saturated heterocycles. The standard InChI is InChI=1S/C18H16ClN3O2/c1-11-8-15(17(24-2)9-13(11)19)20-18(23)16-10-14(21-22-16)12-6-4-3-5-7-12/h3-10H,1-2H3,(H,20,23)(H,21,22). The number of rotatable bonds is 4. The number of amides is 1. The minimum Gasteiger partial charge on any atom is -0.495 e. The summed E-state index contributed by atoms with van der Waals surface area (Å²) in [5, 5.41) is 10.3. The van der Waals surface area contributed by atoms with E-state index in [9.17, 15) is 4.79 Å². The van der Waals surface area contributed by atoms with Crippen molar-refractivity contribution in [2.75, 3.05) is 12.4 Å². The third-order valence-corrected chi connectivity index (χ3v) is 4.03. The number of nitrogens with one attached hydrogen (secondary N) is 2. The summed E-state index contributed by atoms with van der Waals surface area (Å²) in [5.74, 6) is 0.200. The van der Waals surface area contributed by atoms with Gasteiger partial charge in [-0.1, -0.05) is 41.9 Å². The first-order chi connectivity index (χ1) is 11.6. The van der Waals surface area contributed by atoms with Gasteiger partial charge in [-0.15, -0.1) is 0 Å². The van der Waals surface area contributed by atoms with Crippen molar-refractivity contribution in [2.45, 2.75) is 6.92 Å². The van der Waals surface area contributed by atoms with Gasteiger partial charge in [0.15, 0.2) is 0 Å². The fraction of sp³-hybridized carbons (Fsp3) is 0.111. The van der Waals surface area contributed by atoms with E-state index in [1.165, 1.54) is 7.11 Å². The second-order valence-corrected chi connectivity index (χ2v) is 5.70. The minimum atomic E-state index is -0.301. The van der Waals surface area contributed by atoms with Crippen LogP contribution < -0.4 is 10.1 Å². The molecule has 122 valence electrons. The predicted molar refractivity (Wildman–Crippen MR) is 94.7 cm³/mol. The maximum Gasteiger partial charge on any atom is 0.273 e. The maximum absolute atomic E-state index is 12.5. The molecule has 1 aromatic heterocycles. The lowest BCUT2D eigenvalue weighted by Crippen LogP contribution is -2.13. The second kappa shape index (κ2) is 6.76. The molecule has 0 radical (unpaired) electrons.